The summed E-state index contributed by atoms with van der Waals surface area (Å²) in [7, 11) is 0. The minimum Gasteiger partial charge on any atom is -0.508 e. The van der Waals surface area contributed by atoms with E-state index in [4.69, 9.17) is 22.4 Å². The Hall–Kier alpha value is -1.06. The van der Waals surface area contributed by atoms with Crippen molar-refractivity contribution in [3.05, 3.63) is 28.8 Å². The SMILES string of the molecule is CC(=O)C(N)c1ccc(O)cc1Cl. The zero-order valence-corrected chi connectivity index (χ0v) is 7.88. The predicted octanol–water partition coefficient (Wildman–Crippen LogP) is 1.63. The fourth-order valence-electron chi connectivity index (χ4n) is 0.987. The van der Waals surface area contributed by atoms with E-state index in [1.165, 1.54) is 19.1 Å². The van der Waals surface area contributed by atoms with Gasteiger partial charge in [0, 0.05) is 5.02 Å². The lowest BCUT2D eigenvalue weighted by atomic mass is 10.0. The summed E-state index contributed by atoms with van der Waals surface area (Å²) in [6, 6.07) is 3.64. The van der Waals surface area contributed by atoms with Crippen LogP contribution in [0.1, 0.15) is 18.5 Å². The first-order valence-corrected chi connectivity index (χ1v) is 4.14. The molecule has 0 aliphatic rings. The molecule has 0 aliphatic heterocycles. The van der Waals surface area contributed by atoms with E-state index in [0.717, 1.165) is 0 Å². The van der Waals surface area contributed by atoms with E-state index in [2.05, 4.69) is 0 Å². The van der Waals surface area contributed by atoms with Crippen molar-refractivity contribution in [1.29, 1.82) is 0 Å². The zero-order valence-electron chi connectivity index (χ0n) is 7.12. The van der Waals surface area contributed by atoms with Crippen molar-refractivity contribution in [2.45, 2.75) is 13.0 Å². The molecule has 0 bridgehead atoms. The van der Waals surface area contributed by atoms with Crippen LogP contribution in [-0.2, 0) is 4.79 Å². The number of rotatable bonds is 2. The molecule has 1 unspecified atom stereocenters. The van der Waals surface area contributed by atoms with Crippen LogP contribution < -0.4 is 5.73 Å². The quantitative estimate of drug-likeness (QED) is 0.761. The number of benzene rings is 1. The van der Waals surface area contributed by atoms with Gasteiger partial charge in [0.05, 0.1) is 6.04 Å². The zero-order chi connectivity index (χ0) is 10.0. The van der Waals surface area contributed by atoms with Gasteiger partial charge in [-0.1, -0.05) is 17.7 Å². The highest BCUT2D eigenvalue weighted by Gasteiger charge is 2.14. The van der Waals surface area contributed by atoms with Gasteiger partial charge in [0.2, 0.25) is 0 Å². The lowest BCUT2D eigenvalue weighted by Crippen LogP contribution is -2.18. The number of carbonyl (C=O) groups excluding carboxylic acids is 1. The van der Waals surface area contributed by atoms with Crippen LogP contribution in [-0.4, -0.2) is 10.9 Å². The van der Waals surface area contributed by atoms with Crippen LogP contribution >= 0.6 is 11.6 Å². The minimum atomic E-state index is -0.715. The summed E-state index contributed by atoms with van der Waals surface area (Å²) in [5.74, 6) is -0.0999. The van der Waals surface area contributed by atoms with Crippen molar-refractivity contribution in [1.82, 2.24) is 0 Å². The van der Waals surface area contributed by atoms with E-state index in [1.54, 1.807) is 6.07 Å². The molecule has 1 rings (SSSR count). The lowest BCUT2D eigenvalue weighted by molar-refractivity contribution is -0.118. The highest BCUT2D eigenvalue weighted by Crippen LogP contribution is 2.25. The second kappa shape index (κ2) is 3.77. The van der Waals surface area contributed by atoms with Gasteiger partial charge in [-0.05, 0) is 24.6 Å². The maximum Gasteiger partial charge on any atom is 0.151 e. The van der Waals surface area contributed by atoms with E-state index in [9.17, 15) is 4.79 Å². The van der Waals surface area contributed by atoms with Gasteiger partial charge in [-0.15, -0.1) is 0 Å². The van der Waals surface area contributed by atoms with Crippen molar-refractivity contribution in [3.8, 4) is 5.75 Å². The van der Waals surface area contributed by atoms with Gasteiger partial charge in [-0.25, -0.2) is 0 Å². The Bertz CT molecular complexity index is 338. The standard InChI is InChI=1S/C9H10ClNO2/c1-5(12)9(11)7-3-2-6(13)4-8(7)10/h2-4,9,13H,11H2,1H3. The van der Waals surface area contributed by atoms with Crippen LogP contribution in [0.5, 0.6) is 5.75 Å². The predicted molar refractivity (Wildman–Crippen MR) is 50.7 cm³/mol. The third kappa shape index (κ3) is 2.20. The highest BCUT2D eigenvalue weighted by molar-refractivity contribution is 6.31. The number of hydrogen-bond donors (Lipinski definition) is 2. The molecule has 3 N–H and O–H groups in total. The van der Waals surface area contributed by atoms with Gasteiger partial charge >= 0.3 is 0 Å². The van der Waals surface area contributed by atoms with Crippen LogP contribution in [0.2, 0.25) is 5.02 Å². The molecule has 13 heavy (non-hydrogen) atoms. The monoisotopic (exact) mass is 199 g/mol. The fraction of sp³-hybridized carbons (Fsp3) is 0.222. The minimum absolute atomic E-state index is 0.0597. The van der Waals surface area contributed by atoms with Crippen LogP contribution in [0.25, 0.3) is 0 Å². The molecule has 1 atom stereocenters. The molecule has 0 saturated heterocycles. The summed E-state index contributed by atoms with van der Waals surface area (Å²) in [5, 5.41) is 9.36. The fourth-order valence-corrected chi connectivity index (χ4v) is 1.28. The molecule has 0 amide bonds. The maximum atomic E-state index is 10.9. The maximum absolute atomic E-state index is 10.9. The van der Waals surface area contributed by atoms with Gasteiger partial charge in [0.15, 0.2) is 5.78 Å². The van der Waals surface area contributed by atoms with E-state index >= 15 is 0 Å². The van der Waals surface area contributed by atoms with Gasteiger partial charge in [0.25, 0.3) is 0 Å². The van der Waals surface area contributed by atoms with Crippen molar-refractivity contribution < 1.29 is 9.90 Å². The molecule has 4 heteroatoms. The topological polar surface area (TPSA) is 63.3 Å². The molecule has 0 radical (unpaired) electrons. The molecule has 3 nitrogen and oxygen atoms in total. The van der Waals surface area contributed by atoms with E-state index in [-0.39, 0.29) is 11.5 Å². The van der Waals surface area contributed by atoms with Crippen molar-refractivity contribution in [3.63, 3.8) is 0 Å². The van der Waals surface area contributed by atoms with Crippen molar-refractivity contribution in [2.24, 2.45) is 5.73 Å². The number of hydrogen-bond acceptors (Lipinski definition) is 3. The van der Waals surface area contributed by atoms with E-state index in [0.29, 0.717) is 10.6 Å². The number of Topliss-reactive ketones (excluding diaryl/α,β-unsaturated/α-hetero) is 1. The number of carbonyl (C=O) groups is 1. The van der Waals surface area contributed by atoms with Gasteiger partial charge in [0.1, 0.15) is 5.75 Å². The molecule has 70 valence electrons. The smallest absolute Gasteiger partial charge is 0.151 e. The average molecular weight is 200 g/mol. The molecule has 0 aliphatic carbocycles. The van der Waals surface area contributed by atoms with Crippen molar-refractivity contribution >= 4 is 17.4 Å². The molecule has 0 aromatic heterocycles. The Kier molecular flexibility index (Phi) is 2.90. The molecular formula is C9H10ClNO2. The summed E-state index contributed by atoms with van der Waals surface area (Å²) < 4.78 is 0. The summed E-state index contributed by atoms with van der Waals surface area (Å²) in [6.45, 7) is 1.40. The van der Waals surface area contributed by atoms with Crippen LogP contribution in [0.15, 0.2) is 18.2 Å². The Labute approximate surface area is 81.1 Å². The number of phenolic OH excluding ortho intramolecular Hbond substituents is 1. The van der Waals surface area contributed by atoms with Crippen LogP contribution in [0, 0.1) is 0 Å². The first-order chi connectivity index (χ1) is 6.02. The summed E-state index contributed by atoms with van der Waals surface area (Å²) >= 11 is 5.78. The highest BCUT2D eigenvalue weighted by atomic mass is 35.5. The van der Waals surface area contributed by atoms with E-state index in [1.807, 2.05) is 0 Å². The van der Waals surface area contributed by atoms with Gasteiger partial charge < -0.3 is 10.8 Å². The molecule has 1 aromatic carbocycles. The van der Waals surface area contributed by atoms with Crippen molar-refractivity contribution in [2.75, 3.05) is 0 Å². The molecule has 0 saturated carbocycles. The second-order valence-corrected chi connectivity index (χ2v) is 3.20. The molecule has 0 heterocycles. The largest absolute Gasteiger partial charge is 0.508 e. The number of phenols is 1. The third-order valence-electron chi connectivity index (χ3n) is 1.76. The van der Waals surface area contributed by atoms with Crippen LogP contribution in [0.3, 0.4) is 0 Å². The Balaban J connectivity index is 3.08. The van der Waals surface area contributed by atoms with E-state index < -0.39 is 6.04 Å². The average Bonchev–Trinajstić information content (AvgIpc) is 2.03. The molecule has 1 aromatic rings. The number of aromatic hydroxyl groups is 1. The Morgan fingerprint density at radius 2 is 2.23 bits per heavy atom. The summed E-state index contributed by atoms with van der Waals surface area (Å²) in [5.41, 5.74) is 6.11. The van der Waals surface area contributed by atoms with Gasteiger partial charge in [-0.2, -0.15) is 0 Å². The second-order valence-electron chi connectivity index (χ2n) is 2.79. The number of halogens is 1. The first-order valence-electron chi connectivity index (χ1n) is 3.77. The van der Waals surface area contributed by atoms with Crippen LogP contribution in [0.4, 0.5) is 0 Å². The number of ketones is 1. The summed E-state index contributed by atoms with van der Waals surface area (Å²) in [6.07, 6.45) is 0. The molecular weight excluding hydrogens is 190 g/mol. The number of nitrogens with two attached hydrogens (primary N) is 1. The normalized spacial score (nSPS) is 12.5. The summed E-state index contributed by atoms with van der Waals surface area (Å²) in [4.78, 5) is 10.9. The molecule has 0 fully saturated rings. The third-order valence-corrected chi connectivity index (χ3v) is 2.08. The lowest BCUT2D eigenvalue weighted by Gasteiger charge is -2.09. The Morgan fingerprint density at radius 1 is 1.62 bits per heavy atom. The van der Waals surface area contributed by atoms with Gasteiger partial charge in [-0.3, -0.25) is 4.79 Å². The Morgan fingerprint density at radius 3 is 2.69 bits per heavy atom. The first kappa shape index (κ1) is 10.0. The molecule has 0 spiro atoms.